The van der Waals surface area contributed by atoms with Gasteiger partial charge >= 0.3 is 0 Å². The molecule has 0 aromatic carbocycles. The first-order chi connectivity index (χ1) is 9.56. The Hall–Kier alpha value is -1.42. The molecule has 4 nitrogen and oxygen atoms in total. The fourth-order valence-corrected chi connectivity index (χ4v) is 2.65. The first-order valence-corrected chi connectivity index (χ1v) is 7.49. The summed E-state index contributed by atoms with van der Waals surface area (Å²) in [5, 5.41) is 2.93. The highest BCUT2D eigenvalue weighted by Crippen LogP contribution is 2.26. The predicted molar refractivity (Wildman–Crippen MR) is 80.9 cm³/mol. The van der Waals surface area contributed by atoms with Gasteiger partial charge in [0.25, 0.3) is 5.91 Å². The van der Waals surface area contributed by atoms with E-state index in [0.717, 1.165) is 6.54 Å². The zero-order valence-corrected chi connectivity index (χ0v) is 12.7. The summed E-state index contributed by atoms with van der Waals surface area (Å²) in [7, 11) is 2.16. The van der Waals surface area contributed by atoms with E-state index < -0.39 is 0 Å². The molecular formula is C16H25N3O. The summed E-state index contributed by atoms with van der Waals surface area (Å²) in [5.41, 5.74) is 1.78. The molecule has 1 aromatic heterocycles. The lowest BCUT2D eigenvalue weighted by atomic mass is 9.91. The SMILES string of the molecule is CC(C)CNC(=O)c1cc([C@H]2CCCN(C)C2)ccn1. The summed E-state index contributed by atoms with van der Waals surface area (Å²) in [6, 6.07) is 4.00. The maximum absolute atomic E-state index is 12.1. The Balaban J connectivity index is 2.05. The van der Waals surface area contributed by atoms with Crippen molar-refractivity contribution in [3.05, 3.63) is 29.6 Å². The molecule has 1 aliphatic heterocycles. The van der Waals surface area contributed by atoms with E-state index in [1.54, 1.807) is 6.20 Å². The van der Waals surface area contributed by atoms with Crippen LogP contribution in [-0.4, -0.2) is 42.5 Å². The van der Waals surface area contributed by atoms with E-state index in [1.807, 2.05) is 12.1 Å². The molecule has 1 fully saturated rings. The molecule has 1 aliphatic rings. The number of hydrogen-bond donors (Lipinski definition) is 1. The number of nitrogens with one attached hydrogen (secondary N) is 1. The molecule has 0 spiro atoms. The molecule has 4 heteroatoms. The third-order valence-corrected chi connectivity index (χ3v) is 3.78. The van der Waals surface area contributed by atoms with Crippen LogP contribution in [0.5, 0.6) is 0 Å². The van der Waals surface area contributed by atoms with Crippen molar-refractivity contribution >= 4 is 5.91 Å². The van der Waals surface area contributed by atoms with Crippen LogP contribution >= 0.6 is 0 Å². The van der Waals surface area contributed by atoms with Crippen molar-refractivity contribution < 1.29 is 4.79 Å². The summed E-state index contributed by atoms with van der Waals surface area (Å²) >= 11 is 0. The minimum absolute atomic E-state index is 0.0651. The van der Waals surface area contributed by atoms with Gasteiger partial charge < -0.3 is 10.2 Å². The molecule has 0 radical (unpaired) electrons. The molecule has 20 heavy (non-hydrogen) atoms. The number of hydrogen-bond acceptors (Lipinski definition) is 3. The summed E-state index contributed by atoms with van der Waals surface area (Å²) in [4.78, 5) is 18.6. The number of aromatic nitrogens is 1. The third-order valence-electron chi connectivity index (χ3n) is 3.78. The lowest BCUT2D eigenvalue weighted by Crippen LogP contribution is -2.31. The first kappa shape index (κ1) is 15.0. The van der Waals surface area contributed by atoms with Gasteiger partial charge in [0, 0.05) is 19.3 Å². The number of carbonyl (C=O) groups excluding carboxylic acids is 1. The number of piperidine rings is 1. The molecule has 0 unspecified atom stereocenters. The molecule has 0 bridgehead atoms. The number of carbonyl (C=O) groups is 1. The van der Waals surface area contributed by atoms with Crippen LogP contribution in [0.2, 0.25) is 0 Å². The minimum Gasteiger partial charge on any atom is -0.350 e. The van der Waals surface area contributed by atoms with Gasteiger partial charge in [0.15, 0.2) is 0 Å². The molecule has 110 valence electrons. The fourth-order valence-electron chi connectivity index (χ4n) is 2.65. The Morgan fingerprint density at radius 2 is 2.35 bits per heavy atom. The van der Waals surface area contributed by atoms with Crippen LogP contribution in [0.4, 0.5) is 0 Å². The smallest absolute Gasteiger partial charge is 0.269 e. The zero-order chi connectivity index (χ0) is 14.5. The fraction of sp³-hybridized carbons (Fsp3) is 0.625. The molecule has 0 saturated carbocycles. The Bertz CT molecular complexity index is 459. The zero-order valence-electron chi connectivity index (χ0n) is 12.7. The van der Waals surface area contributed by atoms with E-state index in [4.69, 9.17) is 0 Å². The van der Waals surface area contributed by atoms with Gasteiger partial charge in [0.05, 0.1) is 0 Å². The normalized spacial score (nSPS) is 20.1. The number of likely N-dealkylation sites (tertiary alicyclic amines) is 1. The maximum Gasteiger partial charge on any atom is 0.269 e. The van der Waals surface area contributed by atoms with Crippen LogP contribution in [0.3, 0.4) is 0 Å². The lowest BCUT2D eigenvalue weighted by molar-refractivity contribution is 0.0944. The van der Waals surface area contributed by atoms with E-state index in [2.05, 4.69) is 36.1 Å². The molecule has 1 N–H and O–H groups in total. The Labute approximate surface area is 121 Å². The second-order valence-electron chi connectivity index (χ2n) is 6.18. The number of rotatable bonds is 4. The number of nitrogens with zero attached hydrogens (tertiary/aromatic N) is 2. The van der Waals surface area contributed by atoms with Crippen molar-refractivity contribution in [1.29, 1.82) is 0 Å². The van der Waals surface area contributed by atoms with Crippen molar-refractivity contribution in [2.75, 3.05) is 26.7 Å². The molecule has 0 aliphatic carbocycles. The van der Waals surface area contributed by atoms with Crippen LogP contribution in [-0.2, 0) is 0 Å². The van der Waals surface area contributed by atoms with E-state index in [0.29, 0.717) is 24.1 Å². The van der Waals surface area contributed by atoms with Gasteiger partial charge in [-0.1, -0.05) is 13.8 Å². The molecule has 1 amide bonds. The monoisotopic (exact) mass is 275 g/mol. The predicted octanol–water partition coefficient (Wildman–Crippen LogP) is 2.28. The van der Waals surface area contributed by atoms with Crippen LogP contribution in [0.15, 0.2) is 18.3 Å². The van der Waals surface area contributed by atoms with Crippen molar-refractivity contribution in [2.24, 2.45) is 5.92 Å². The number of amides is 1. The van der Waals surface area contributed by atoms with Crippen LogP contribution in [0, 0.1) is 5.92 Å². The van der Waals surface area contributed by atoms with Gasteiger partial charge in [-0.15, -0.1) is 0 Å². The minimum atomic E-state index is -0.0651. The highest BCUT2D eigenvalue weighted by molar-refractivity contribution is 5.92. The van der Waals surface area contributed by atoms with Gasteiger partial charge in [-0.3, -0.25) is 9.78 Å². The molecule has 1 aromatic rings. The average molecular weight is 275 g/mol. The van der Waals surface area contributed by atoms with Crippen molar-refractivity contribution in [3.63, 3.8) is 0 Å². The van der Waals surface area contributed by atoms with Gasteiger partial charge in [0.1, 0.15) is 5.69 Å². The van der Waals surface area contributed by atoms with Crippen molar-refractivity contribution in [1.82, 2.24) is 15.2 Å². The van der Waals surface area contributed by atoms with E-state index in [-0.39, 0.29) is 5.91 Å². The largest absolute Gasteiger partial charge is 0.350 e. The standard InChI is InChI=1S/C16H25N3O/c1-12(2)10-18-16(20)15-9-13(6-7-17-15)14-5-4-8-19(3)11-14/h6-7,9,12,14H,4-5,8,10-11H2,1-3H3,(H,18,20)/t14-/m0/s1. The first-order valence-electron chi connectivity index (χ1n) is 7.49. The van der Waals surface area contributed by atoms with Crippen molar-refractivity contribution in [2.45, 2.75) is 32.6 Å². The van der Waals surface area contributed by atoms with E-state index in [9.17, 15) is 4.79 Å². The quantitative estimate of drug-likeness (QED) is 0.917. The summed E-state index contributed by atoms with van der Waals surface area (Å²) in [6.45, 7) is 7.10. The van der Waals surface area contributed by atoms with Crippen LogP contribution in [0.1, 0.15) is 48.7 Å². The number of pyridine rings is 1. The van der Waals surface area contributed by atoms with Gasteiger partial charge in [-0.05, 0) is 56.0 Å². The van der Waals surface area contributed by atoms with E-state index in [1.165, 1.54) is 24.9 Å². The topological polar surface area (TPSA) is 45.2 Å². The molecular weight excluding hydrogens is 250 g/mol. The highest BCUT2D eigenvalue weighted by Gasteiger charge is 2.20. The van der Waals surface area contributed by atoms with Crippen LogP contribution < -0.4 is 5.32 Å². The van der Waals surface area contributed by atoms with Crippen molar-refractivity contribution in [3.8, 4) is 0 Å². The third kappa shape index (κ3) is 4.04. The second kappa shape index (κ2) is 6.84. The van der Waals surface area contributed by atoms with Gasteiger partial charge in [-0.2, -0.15) is 0 Å². The maximum atomic E-state index is 12.1. The molecule has 2 heterocycles. The second-order valence-corrected chi connectivity index (χ2v) is 6.18. The number of likely N-dealkylation sites (N-methyl/N-ethyl adjacent to an activating group) is 1. The average Bonchev–Trinajstić information content (AvgIpc) is 2.45. The Morgan fingerprint density at radius 3 is 3.05 bits per heavy atom. The van der Waals surface area contributed by atoms with Gasteiger partial charge in [0.2, 0.25) is 0 Å². The molecule has 2 rings (SSSR count). The molecule has 1 atom stereocenters. The Kier molecular flexibility index (Phi) is 5.12. The lowest BCUT2D eigenvalue weighted by Gasteiger charge is -2.30. The summed E-state index contributed by atoms with van der Waals surface area (Å²) in [5.74, 6) is 0.909. The summed E-state index contributed by atoms with van der Waals surface area (Å²) < 4.78 is 0. The molecule has 1 saturated heterocycles. The Morgan fingerprint density at radius 1 is 1.55 bits per heavy atom. The van der Waals surface area contributed by atoms with Crippen LogP contribution in [0.25, 0.3) is 0 Å². The van der Waals surface area contributed by atoms with E-state index >= 15 is 0 Å². The summed E-state index contributed by atoms with van der Waals surface area (Å²) in [6.07, 6.45) is 4.17. The van der Waals surface area contributed by atoms with Gasteiger partial charge in [-0.25, -0.2) is 0 Å². The highest BCUT2D eigenvalue weighted by atomic mass is 16.1.